The molecule has 0 fully saturated rings. The number of benzene rings is 2. The summed E-state index contributed by atoms with van der Waals surface area (Å²) in [5.41, 5.74) is 7.73. The number of aromatic hydroxyl groups is 1. The molecule has 2 rings (SSSR count). The SMILES string of the molecule is CN(Cc1ccccc1O)C(=O)C(N)Cc1ccccc1. The van der Waals surface area contributed by atoms with E-state index in [1.807, 2.05) is 36.4 Å². The first-order valence-corrected chi connectivity index (χ1v) is 6.89. The van der Waals surface area contributed by atoms with Crippen molar-refractivity contribution < 1.29 is 9.90 Å². The number of hydrogen-bond donors (Lipinski definition) is 2. The number of phenolic OH excluding ortho intramolecular Hbond substituents is 1. The molecular weight excluding hydrogens is 264 g/mol. The molecule has 2 aromatic carbocycles. The molecule has 110 valence electrons. The highest BCUT2D eigenvalue weighted by molar-refractivity contribution is 5.81. The van der Waals surface area contributed by atoms with Gasteiger partial charge in [-0.3, -0.25) is 4.79 Å². The smallest absolute Gasteiger partial charge is 0.239 e. The van der Waals surface area contributed by atoms with E-state index in [1.165, 1.54) is 0 Å². The highest BCUT2D eigenvalue weighted by atomic mass is 16.3. The summed E-state index contributed by atoms with van der Waals surface area (Å²) in [6, 6.07) is 16.1. The highest BCUT2D eigenvalue weighted by Crippen LogP contribution is 2.17. The first-order chi connectivity index (χ1) is 10.1. The van der Waals surface area contributed by atoms with Crippen LogP contribution in [0.5, 0.6) is 5.75 Å². The van der Waals surface area contributed by atoms with Crippen LogP contribution in [0.4, 0.5) is 0 Å². The van der Waals surface area contributed by atoms with Crippen molar-refractivity contribution in [2.75, 3.05) is 7.05 Å². The third-order valence-electron chi connectivity index (χ3n) is 3.39. The Morgan fingerprint density at radius 3 is 2.43 bits per heavy atom. The van der Waals surface area contributed by atoms with Crippen LogP contribution in [-0.4, -0.2) is 29.0 Å². The Bertz CT molecular complexity index is 599. The van der Waals surface area contributed by atoms with Gasteiger partial charge < -0.3 is 15.7 Å². The molecule has 4 heteroatoms. The van der Waals surface area contributed by atoms with Crippen LogP contribution >= 0.6 is 0 Å². The van der Waals surface area contributed by atoms with Crippen molar-refractivity contribution in [1.82, 2.24) is 4.90 Å². The van der Waals surface area contributed by atoms with Gasteiger partial charge in [0, 0.05) is 19.2 Å². The van der Waals surface area contributed by atoms with E-state index in [0.717, 1.165) is 5.56 Å². The number of hydrogen-bond acceptors (Lipinski definition) is 3. The summed E-state index contributed by atoms with van der Waals surface area (Å²) in [6.07, 6.45) is 0.505. The minimum absolute atomic E-state index is 0.137. The first kappa shape index (κ1) is 15.1. The Balaban J connectivity index is 1.97. The van der Waals surface area contributed by atoms with Gasteiger partial charge in [0.05, 0.1) is 6.04 Å². The zero-order valence-electron chi connectivity index (χ0n) is 12.1. The van der Waals surface area contributed by atoms with Crippen LogP contribution in [0, 0.1) is 0 Å². The van der Waals surface area contributed by atoms with Crippen LogP contribution in [0.1, 0.15) is 11.1 Å². The van der Waals surface area contributed by atoms with Crippen LogP contribution in [0.15, 0.2) is 54.6 Å². The molecule has 1 amide bonds. The molecule has 3 N–H and O–H groups in total. The molecule has 0 saturated heterocycles. The predicted octanol–water partition coefficient (Wildman–Crippen LogP) is 1.92. The highest BCUT2D eigenvalue weighted by Gasteiger charge is 2.19. The van der Waals surface area contributed by atoms with E-state index in [-0.39, 0.29) is 11.7 Å². The number of para-hydroxylation sites is 1. The fourth-order valence-corrected chi connectivity index (χ4v) is 2.22. The van der Waals surface area contributed by atoms with Crippen molar-refractivity contribution >= 4 is 5.91 Å². The summed E-state index contributed by atoms with van der Waals surface area (Å²) < 4.78 is 0. The predicted molar refractivity (Wildman–Crippen MR) is 82.7 cm³/mol. The lowest BCUT2D eigenvalue weighted by atomic mass is 10.1. The van der Waals surface area contributed by atoms with Gasteiger partial charge in [0.2, 0.25) is 5.91 Å². The van der Waals surface area contributed by atoms with Gasteiger partial charge >= 0.3 is 0 Å². The minimum Gasteiger partial charge on any atom is -0.508 e. The topological polar surface area (TPSA) is 66.6 Å². The Morgan fingerprint density at radius 2 is 1.76 bits per heavy atom. The zero-order valence-corrected chi connectivity index (χ0v) is 12.1. The second kappa shape index (κ2) is 6.90. The number of carbonyl (C=O) groups excluding carboxylic acids is 1. The van der Waals surface area contributed by atoms with Crippen LogP contribution in [-0.2, 0) is 17.8 Å². The van der Waals surface area contributed by atoms with Crippen LogP contribution in [0.25, 0.3) is 0 Å². The minimum atomic E-state index is -0.580. The Hall–Kier alpha value is -2.33. The number of phenols is 1. The Morgan fingerprint density at radius 1 is 1.14 bits per heavy atom. The van der Waals surface area contributed by atoms with Crippen LogP contribution in [0.2, 0.25) is 0 Å². The summed E-state index contributed by atoms with van der Waals surface area (Å²) in [5, 5.41) is 9.75. The number of carbonyl (C=O) groups is 1. The third kappa shape index (κ3) is 4.07. The summed E-state index contributed by atoms with van der Waals surface area (Å²) in [6.45, 7) is 0.341. The molecule has 4 nitrogen and oxygen atoms in total. The first-order valence-electron chi connectivity index (χ1n) is 6.89. The van der Waals surface area contributed by atoms with Gasteiger partial charge in [-0.2, -0.15) is 0 Å². The molecule has 1 unspecified atom stereocenters. The maximum atomic E-state index is 12.3. The normalized spacial score (nSPS) is 11.9. The molecule has 0 aliphatic rings. The average molecular weight is 284 g/mol. The van der Waals surface area contributed by atoms with Gasteiger partial charge in [0.1, 0.15) is 5.75 Å². The lowest BCUT2D eigenvalue weighted by Gasteiger charge is -2.22. The molecule has 0 aromatic heterocycles. The Kier molecular flexibility index (Phi) is 4.95. The summed E-state index contributed by atoms with van der Waals surface area (Å²) in [5.74, 6) is 0.0517. The van der Waals surface area contributed by atoms with E-state index in [2.05, 4.69) is 0 Å². The lowest BCUT2D eigenvalue weighted by molar-refractivity contribution is -0.131. The van der Waals surface area contributed by atoms with E-state index in [0.29, 0.717) is 18.5 Å². The van der Waals surface area contributed by atoms with Crippen molar-refractivity contribution in [3.8, 4) is 5.75 Å². The van der Waals surface area contributed by atoms with Gasteiger partial charge in [-0.1, -0.05) is 48.5 Å². The van der Waals surface area contributed by atoms with E-state index in [9.17, 15) is 9.90 Å². The number of nitrogens with two attached hydrogens (primary N) is 1. The number of rotatable bonds is 5. The molecule has 1 atom stereocenters. The monoisotopic (exact) mass is 284 g/mol. The average Bonchev–Trinajstić information content (AvgIpc) is 2.49. The number of amides is 1. The molecule has 0 aliphatic heterocycles. The van der Waals surface area contributed by atoms with Crippen molar-refractivity contribution in [3.05, 3.63) is 65.7 Å². The zero-order chi connectivity index (χ0) is 15.2. The van der Waals surface area contributed by atoms with Crippen LogP contribution < -0.4 is 5.73 Å². The standard InChI is InChI=1S/C17H20N2O2/c1-19(12-14-9-5-6-10-16(14)20)17(21)15(18)11-13-7-3-2-4-8-13/h2-10,15,20H,11-12,18H2,1H3. The molecule has 0 bridgehead atoms. The largest absolute Gasteiger partial charge is 0.508 e. The van der Waals surface area contributed by atoms with Gasteiger partial charge in [0.15, 0.2) is 0 Å². The fraction of sp³-hybridized carbons (Fsp3) is 0.235. The van der Waals surface area contributed by atoms with Gasteiger partial charge in [-0.05, 0) is 18.1 Å². The molecule has 21 heavy (non-hydrogen) atoms. The quantitative estimate of drug-likeness (QED) is 0.881. The third-order valence-corrected chi connectivity index (χ3v) is 3.39. The fourth-order valence-electron chi connectivity index (χ4n) is 2.22. The van der Waals surface area contributed by atoms with Crippen LogP contribution in [0.3, 0.4) is 0 Å². The Labute approximate surface area is 124 Å². The molecule has 0 radical (unpaired) electrons. The van der Waals surface area contributed by atoms with Gasteiger partial charge in [-0.25, -0.2) is 0 Å². The maximum Gasteiger partial charge on any atom is 0.239 e. The molecule has 2 aromatic rings. The lowest BCUT2D eigenvalue weighted by Crippen LogP contribution is -2.42. The van der Waals surface area contributed by atoms with Gasteiger partial charge in [-0.15, -0.1) is 0 Å². The van der Waals surface area contributed by atoms with Gasteiger partial charge in [0.25, 0.3) is 0 Å². The molecular formula is C17H20N2O2. The second-order valence-corrected chi connectivity index (χ2v) is 5.12. The van der Waals surface area contributed by atoms with E-state index >= 15 is 0 Å². The molecule has 0 heterocycles. The second-order valence-electron chi connectivity index (χ2n) is 5.12. The summed E-state index contributed by atoms with van der Waals surface area (Å²) >= 11 is 0. The van der Waals surface area contributed by atoms with Crippen molar-refractivity contribution in [1.29, 1.82) is 0 Å². The molecule has 0 aliphatic carbocycles. The summed E-state index contributed by atoms with van der Waals surface area (Å²) in [7, 11) is 1.69. The number of likely N-dealkylation sites (N-methyl/N-ethyl adjacent to an activating group) is 1. The van der Waals surface area contributed by atoms with E-state index < -0.39 is 6.04 Å². The molecule has 0 spiro atoms. The summed E-state index contributed by atoms with van der Waals surface area (Å²) in [4.78, 5) is 13.8. The van der Waals surface area contributed by atoms with Crippen molar-refractivity contribution in [3.63, 3.8) is 0 Å². The van der Waals surface area contributed by atoms with E-state index in [1.54, 1.807) is 30.1 Å². The van der Waals surface area contributed by atoms with Crippen molar-refractivity contribution in [2.24, 2.45) is 5.73 Å². The number of nitrogens with zero attached hydrogens (tertiary/aromatic N) is 1. The van der Waals surface area contributed by atoms with Crippen molar-refractivity contribution in [2.45, 2.75) is 19.0 Å². The maximum absolute atomic E-state index is 12.3. The molecule has 0 saturated carbocycles. The van der Waals surface area contributed by atoms with E-state index in [4.69, 9.17) is 5.73 Å².